The van der Waals surface area contributed by atoms with Gasteiger partial charge in [0.2, 0.25) is 0 Å². The van der Waals surface area contributed by atoms with E-state index in [1.165, 1.54) is 11.6 Å². The van der Waals surface area contributed by atoms with Gasteiger partial charge in [-0.2, -0.15) is 0 Å². The highest BCUT2D eigenvalue weighted by atomic mass is 79.9. The highest BCUT2D eigenvalue weighted by Crippen LogP contribution is 2.24. The van der Waals surface area contributed by atoms with Crippen LogP contribution in [0.15, 0.2) is 46.9 Å². The lowest BCUT2D eigenvalue weighted by atomic mass is 9.92. The Morgan fingerprint density at radius 3 is 2.45 bits per heavy atom. The minimum absolute atomic E-state index is 0.210. The number of benzene rings is 2. The monoisotopic (exact) mass is 355 g/mol. The first-order chi connectivity index (χ1) is 9.60. The first-order valence-electron chi connectivity index (χ1n) is 6.47. The van der Waals surface area contributed by atoms with Gasteiger partial charge in [-0.05, 0) is 54.6 Å². The van der Waals surface area contributed by atoms with Crippen LogP contribution in [0.25, 0.3) is 0 Å². The van der Waals surface area contributed by atoms with Crippen molar-refractivity contribution < 1.29 is 4.39 Å². The van der Waals surface area contributed by atoms with E-state index >= 15 is 0 Å². The van der Waals surface area contributed by atoms with Crippen molar-refractivity contribution in [2.24, 2.45) is 11.7 Å². The molecular weight excluding hydrogens is 341 g/mol. The highest BCUT2D eigenvalue weighted by Gasteiger charge is 2.13. The Bertz CT molecular complexity index is 571. The van der Waals surface area contributed by atoms with Gasteiger partial charge in [0.05, 0.1) is 5.02 Å². The zero-order chi connectivity index (χ0) is 14.5. The van der Waals surface area contributed by atoms with Crippen LogP contribution in [0.2, 0.25) is 5.02 Å². The van der Waals surface area contributed by atoms with Gasteiger partial charge in [-0.25, -0.2) is 4.39 Å². The Balaban J connectivity index is 2.09. The van der Waals surface area contributed by atoms with Gasteiger partial charge >= 0.3 is 0 Å². The molecule has 0 amide bonds. The summed E-state index contributed by atoms with van der Waals surface area (Å²) in [5.41, 5.74) is 7.88. The summed E-state index contributed by atoms with van der Waals surface area (Å²) in [5.74, 6) is -0.126. The van der Waals surface area contributed by atoms with Crippen molar-refractivity contribution in [3.05, 3.63) is 68.9 Å². The second-order valence-electron chi connectivity index (χ2n) is 4.85. The van der Waals surface area contributed by atoms with Crippen LogP contribution >= 0.6 is 27.5 Å². The van der Waals surface area contributed by atoms with Crippen molar-refractivity contribution in [1.82, 2.24) is 0 Å². The summed E-state index contributed by atoms with van der Waals surface area (Å²) in [6.45, 7) is 0.545. The number of rotatable bonds is 5. The standard InChI is InChI=1S/C16H16BrClFN/c17-14-6-4-11(5-7-14)8-12(10-20)9-13-2-1-3-15(19)16(13)18/h1-7,12H,8-10,20H2. The number of halogens is 3. The Morgan fingerprint density at radius 1 is 1.10 bits per heavy atom. The molecule has 0 aliphatic carbocycles. The lowest BCUT2D eigenvalue weighted by Crippen LogP contribution is -2.19. The summed E-state index contributed by atoms with van der Waals surface area (Å²) in [6, 6.07) is 13.1. The van der Waals surface area contributed by atoms with Gasteiger partial charge in [-0.15, -0.1) is 0 Å². The third kappa shape index (κ3) is 4.05. The van der Waals surface area contributed by atoms with Crippen LogP contribution in [0.4, 0.5) is 4.39 Å². The predicted molar refractivity (Wildman–Crippen MR) is 85.5 cm³/mol. The molecule has 0 saturated heterocycles. The van der Waals surface area contributed by atoms with E-state index in [-0.39, 0.29) is 16.8 Å². The van der Waals surface area contributed by atoms with Crippen LogP contribution in [0.1, 0.15) is 11.1 Å². The Morgan fingerprint density at radius 2 is 1.80 bits per heavy atom. The third-order valence-electron chi connectivity index (χ3n) is 3.31. The van der Waals surface area contributed by atoms with Crippen LogP contribution in [-0.2, 0) is 12.8 Å². The molecule has 0 saturated carbocycles. The van der Waals surface area contributed by atoms with Crippen LogP contribution in [0, 0.1) is 11.7 Å². The second-order valence-corrected chi connectivity index (χ2v) is 6.14. The molecule has 20 heavy (non-hydrogen) atoms. The SMILES string of the molecule is NCC(Cc1ccc(Br)cc1)Cc1cccc(F)c1Cl. The maximum absolute atomic E-state index is 13.4. The van der Waals surface area contributed by atoms with Gasteiger partial charge in [0.1, 0.15) is 5.82 Å². The maximum atomic E-state index is 13.4. The van der Waals surface area contributed by atoms with Crippen LogP contribution in [0.5, 0.6) is 0 Å². The van der Waals surface area contributed by atoms with Crippen molar-refractivity contribution >= 4 is 27.5 Å². The molecular formula is C16H16BrClFN. The highest BCUT2D eigenvalue weighted by molar-refractivity contribution is 9.10. The van der Waals surface area contributed by atoms with E-state index in [9.17, 15) is 4.39 Å². The molecule has 0 aromatic heterocycles. The predicted octanol–water partition coefficient (Wildman–Crippen LogP) is 4.60. The van der Waals surface area contributed by atoms with Crippen LogP contribution < -0.4 is 5.73 Å². The Hall–Kier alpha value is -0.900. The maximum Gasteiger partial charge on any atom is 0.142 e. The third-order valence-corrected chi connectivity index (χ3v) is 4.26. The summed E-state index contributed by atoms with van der Waals surface area (Å²) in [6.07, 6.45) is 1.54. The van der Waals surface area contributed by atoms with Gasteiger partial charge in [-0.1, -0.05) is 51.8 Å². The molecule has 106 valence electrons. The second kappa shape index (κ2) is 7.21. The molecule has 0 fully saturated rings. The average Bonchev–Trinajstić information content (AvgIpc) is 2.45. The van der Waals surface area contributed by atoms with Gasteiger partial charge < -0.3 is 5.73 Å². The van der Waals surface area contributed by atoms with Crippen molar-refractivity contribution in [2.75, 3.05) is 6.54 Å². The minimum Gasteiger partial charge on any atom is -0.330 e. The van der Waals surface area contributed by atoms with E-state index in [1.807, 2.05) is 18.2 Å². The average molecular weight is 357 g/mol. The number of nitrogens with two attached hydrogens (primary N) is 1. The molecule has 0 aliphatic rings. The molecule has 0 radical (unpaired) electrons. The van der Waals surface area contributed by atoms with E-state index in [0.717, 1.165) is 16.5 Å². The van der Waals surface area contributed by atoms with Crippen molar-refractivity contribution in [3.63, 3.8) is 0 Å². The molecule has 2 aromatic carbocycles. The quantitative estimate of drug-likeness (QED) is 0.832. The topological polar surface area (TPSA) is 26.0 Å². The Kier molecular flexibility index (Phi) is 5.58. The lowest BCUT2D eigenvalue weighted by molar-refractivity contribution is 0.530. The fourth-order valence-corrected chi connectivity index (χ4v) is 2.68. The molecule has 1 unspecified atom stereocenters. The van der Waals surface area contributed by atoms with Crippen LogP contribution in [0.3, 0.4) is 0 Å². The van der Waals surface area contributed by atoms with Gasteiger partial charge in [0.25, 0.3) is 0 Å². The van der Waals surface area contributed by atoms with E-state index in [2.05, 4.69) is 28.1 Å². The fraction of sp³-hybridized carbons (Fsp3) is 0.250. The molecule has 0 heterocycles. The molecule has 1 atom stereocenters. The summed E-state index contributed by atoms with van der Waals surface area (Å²) < 4.78 is 14.5. The fourth-order valence-electron chi connectivity index (χ4n) is 2.21. The molecule has 4 heteroatoms. The minimum atomic E-state index is -0.372. The van der Waals surface area contributed by atoms with Gasteiger partial charge in [0, 0.05) is 4.47 Å². The van der Waals surface area contributed by atoms with E-state index in [1.54, 1.807) is 6.07 Å². The molecule has 0 bridgehead atoms. The first kappa shape index (κ1) is 15.5. The van der Waals surface area contributed by atoms with Crippen molar-refractivity contribution in [1.29, 1.82) is 0 Å². The van der Waals surface area contributed by atoms with Gasteiger partial charge in [0.15, 0.2) is 0 Å². The van der Waals surface area contributed by atoms with Gasteiger partial charge in [-0.3, -0.25) is 0 Å². The van der Waals surface area contributed by atoms with Crippen molar-refractivity contribution in [3.8, 4) is 0 Å². The largest absolute Gasteiger partial charge is 0.330 e. The summed E-state index contributed by atoms with van der Waals surface area (Å²) in [5, 5.41) is 0.210. The summed E-state index contributed by atoms with van der Waals surface area (Å²) in [7, 11) is 0. The molecule has 1 nitrogen and oxygen atoms in total. The first-order valence-corrected chi connectivity index (χ1v) is 7.64. The van der Waals surface area contributed by atoms with Crippen molar-refractivity contribution in [2.45, 2.75) is 12.8 Å². The molecule has 0 spiro atoms. The smallest absolute Gasteiger partial charge is 0.142 e. The summed E-state index contributed by atoms with van der Waals surface area (Å²) >= 11 is 9.41. The number of hydrogen-bond donors (Lipinski definition) is 1. The molecule has 0 aliphatic heterocycles. The lowest BCUT2D eigenvalue weighted by Gasteiger charge is -2.16. The van der Waals surface area contributed by atoms with Crippen LogP contribution in [-0.4, -0.2) is 6.54 Å². The molecule has 2 aromatic rings. The zero-order valence-electron chi connectivity index (χ0n) is 11.0. The molecule has 2 N–H and O–H groups in total. The Labute approximate surface area is 132 Å². The van der Waals surface area contributed by atoms with E-state index in [4.69, 9.17) is 17.3 Å². The zero-order valence-corrected chi connectivity index (χ0v) is 13.3. The molecule has 2 rings (SSSR count). The summed E-state index contributed by atoms with van der Waals surface area (Å²) in [4.78, 5) is 0. The number of hydrogen-bond acceptors (Lipinski definition) is 1. The van der Waals surface area contributed by atoms with E-state index < -0.39 is 0 Å². The normalized spacial score (nSPS) is 12.4. The van der Waals surface area contributed by atoms with E-state index in [0.29, 0.717) is 13.0 Å².